The first-order chi connectivity index (χ1) is 10.3. The van der Waals surface area contributed by atoms with Crippen LogP contribution in [0.3, 0.4) is 0 Å². The fraction of sp³-hybridized carbons (Fsp3) is 0.600. The van der Waals surface area contributed by atoms with Gasteiger partial charge in [0.25, 0.3) is 0 Å². The van der Waals surface area contributed by atoms with E-state index >= 15 is 0 Å². The molecule has 0 amide bonds. The molecule has 0 radical (unpaired) electrons. The third kappa shape index (κ3) is 4.56. The minimum absolute atomic E-state index is 0. The Kier molecular flexibility index (Phi) is 6.81. The number of aryl methyl sites for hydroxylation is 1. The van der Waals surface area contributed by atoms with E-state index in [9.17, 15) is 8.42 Å². The first-order valence-electron chi connectivity index (χ1n) is 7.35. The highest BCUT2D eigenvalue weighted by atomic mass is 127. The Labute approximate surface area is 155 Å². The second kappa shape index (κ2) is 7.78. The maximum absolute atomic E-state index is 12.1. The summed E-state index contributed by atoms with van der Waals surface area (Å²) in [5.41, 5.74) is 2.08. The minimum atomic E-state index is -3.05. The summed E-state index contributed by atoms with van der Waals surface area (Å²) in [6.07, 6.45) is 1.77. The zero-order chi connectivity index (χ0) is 16.4. The van der Waals surface area contributed by atoms with Crippen LogP contribution in [0.4, 0.5) is 0 Å². The number of rotatable bonds is 2. The number of pyridine rings is 1. The monoisotopic (exact) mass is 452 g/mol. The molecule has 1 aromatic heterocycles. The highest BCUT2D eigenvalue weighted by Crippen LogP contribution is 2.23. The lowest BCUT2D eigenvalue weighted by atomic mass is 10.2. The molecule has 0 bridgehead atoms. The summed E-state index contributed by atoms with van der Waals surface area (Å²) in [4.78, 5) is 10.6. The first kappa shape index (κ1) is 20.1. The van der Waals surface area contributed by atoms with Crippen LogP contribution in [-0.2, 0) is 16.4 Å². The zero-order valence-electron chi connectivity index (χ0n) is 14.0. The van der Waals surface area contributed by atoms with E-state index in [4.69, 9.17) is 0 Å². The predicted octanol–water partition coefficient (Wildman–Crippen LogP) is 1.59. The Bertz CT molecular complexity index is 674. The molecule has 1 aliphatic heterocycles. The number of nitrogens with one attached hydrogen (secondary N) is 1. The number of aliphatic imine (C=N–C) groups is 1. The smallest absolute Gasteiger partial charge is 0.194 e. The molecule has 0 aromatic carbocycles. The summed E-state index contributed by atoms with van der Waals surface area (Å²) < 4.78 is 23.4. The summed E-state index contributed by atoms with van der Waals surface area (Å²) in [6.45, 7) is 7.03. The molecule has 0 aliphatic carbocycles. The maximum atomic E-state index is 12.1. The van der Waals surface area contributed by atoms with Crippen LogP contribution in [0.1, 0.15) is 25.1 Å². The Morgan fingerprint density at radius 1 is 1.48 bits per heavy atom. The summed E-state index contributed by atoms with van der Waals surface area (Å²) in [6, 6.07) is 3.93. The zero-order valence-corrected chi connectivity index (χ0v) is 17.2. The molecule has 1 N–H and O–H groups in total. The SMILES string of the molecule is CN=C(NCc1ncccc1C)N1CCS(=O)(=O)C(C)(C)C1.I. The van der Waals surface area contributed by atoms with E-state index in [1.165, 1.54) is 0 Å². The molecule has 0 spiro atoms. The molecule has 0 unspecified atom stereocenters. The molecule has 1 saturated heterocycles. The van der Waals surface area contributed by atoms with Gasteiger partial charge in [0.05, 0.1) is 22.7 Å². The Balaban J connectivity index is 0.00000264. The molecule has 2 rings (SSSR count). The second-order valence-electron chi connectivity index (χ2n) is 6.17. The van der Waals surface area contributed by atoms with Gasteiger partial charge in [-0.1, -0.05) is 6.07 Å². The van der Waals surface area contributed by atoms with Crippen molar-refractivity contribution < 1.29 is 8.42 Å². The summed E-state index contributed by atoms with van der Waals surface area (Å²) >= 11 is 0. The molecule has 0 saturated carbocycles. The fourth-order valence-electron chi connectivity index (χ4n) is 2.52. The average molecular weight is 452 g/mol. The van der Waals surface area contributed by atoms with Crippen LogP contribution in [0.5, 0.6) is 0 Å². The van der Waals surface area contributed by atoms with Crippen LogP contribution in [0.2, 0.25) is 0 Å². The average Bonchev–Trinajstić information content (AvgIpc) is 2.45. The van der Waals surface area contributed by atoms with E-state index in [0.29, 0.717) is 25.6 Å². The Hall–Kier alpha value is -0.900. The number of hydrogen-bond donors (Lipinski definition) is 1. The predicted molar refractivity (Wildman–Crippen MR) is 104 cm³/mol. The number of sulfone groups is 1. The number of halogens is 1. The number of hydrogen-bond acceptors (Lipinski definition) is 4. The van der Waals surface area contributed by atoms with Crippen LogP contribution in [0.25, 0.3) is 0 Å². The molecule has 1 aliphatic rings. The number of guanidine groups is 1. The van der Waals surface area contributed by atoms with Gasteiger partial charge in [0, 0.05) is 26.3 Å². The molecule has 23 heavy (non-hydrogen) atoms. The van der Waals surface area contributed by atoms with Crippen molar-refractivity contribution in [1.82, 2.24) is 15.2 Å². The normalized spacial score (nSPS) is 19.8. The van der Waals surface area contributed by atoms with Gasteiger partial charge in [-0.15, -0.1) is 24.0 Å². The fourth-order valence-corrected chi connectivity index (χ4v) is 3.89. The van der Waals surface area contributed by atoms with Gasteiger partial charge in [-0.2, -0.15) is 0 Å². The molecule has 8 heteroatoms. The van der Waals surface area contributed by atoms with Crippen molar-refractivity contribution in [2.24, 2.45) is 4.99 Å². The van der Waals surface area contributed by atoms with Crippen molar-refractivity contribution in [2.75, 3.05) is 25.9 Å². The molecular formula is C15H25IN4O2S. The first-order valence-corrected chi connectivity index (χ1v) is 9.00. The van der Waals surface area contributed by atoms with E-state index in [-0.39, 0.29) is 29.7 Å². The topological polar surface area (TPSA) is 74.7 Å². The highest BCUT2D eigenvalue weighted by molar-refractivity contribution is 14.0. The lowest BCUT2D eigenvalue weighted by Gasteiger charge is -2.39. The molecule has 0 atom stereocenters. The van der Waals surface area contributed by atoms with Crippen molar-refractivity contribution in [2.45, 2.75) is 32.1 Å². The summed E-state index contributed by atoms with van der Waals surface area (Å²) in [5.74, 6) is 0.872. The third-order valence-corrected chi connectivity index (χ3v) is 6.62. The second-order valence-corrected chi connectivity index (χ2v) is 8.91. The van der Waals surface area contributed by atoms with E-state index in [2.05, 4.69) is 15.3 Å². The Morgan fingerprint density at radius 3 is 2.74 bits per heavy atom. The minimum Gasteiger partial charge on any atom is -0.351 e. The molecule has 6 nitrogen and oxygen atoms in total. The van der Waals surface area contributed by atoms with E-state index < -0.39 is 14.6 Å². The van der Waals surface area contributed by atoms with Gasteiger partial charge < -0.3 is 10.2 Å². The van der Waals surface area contributed by atoms with Gasteiger partial charge in [-0.05, 0) is 32.4 Å². The van der Waals surface area contributed by atoms with Crippen LogP contribution >= 0.6 is 24.0 Å². The van der Waals surface area contributed by atoms with Gasteiger partial charge in [0.15, 0.2) is 15.8 Å². The summed E-state index contributed by atoms with van der Waals surface area (Å²) in [7, 11) is -1.33. The van der Waals surface area contributed by atoms with Crippen LogP contribution < -0.4 is 5.32 Å². The van der Waals surface area contributed by atoms with Crippen molar-refractivity contribution >= 4 is 39.8 Å². The van der Waals surface area contributed by atoms with Crippen molar-refractivity contribution in [1.29, 1.82) is 0 Å². The van der Waals surface area contributed by atoms with E-state index in [1.807, 2.05) is 24.0 Å². The van der Waals surface area contributed by atoms with Gasteiger partial charge >= 0.3 is 0 Å². The van der Waals surface area contributed by atoms with Gasteiger partial charge in [-0.3, -0.25) is 9.98 Å². The van der Waals surface area contributed by atoms with Crippen molar-refractivity contribution in [3.8, 4) is 0 Å². The van der Waals surface area contributed by atoms with Crippen LogP contribution in [-0.4, -0.2) is 54.9 Å². The maximum Gasteiger partial charge on any atom is 0.194 e. The van der Waals surface area contributed by atoms with Crippen LogP contribution in [0.15, 0.2) is 23.3 Å². The molecule has 1 aromatic rings. The highest BCUT2D eigenvalue weighted by Gasteiger charge is 2.40. The molecule has 130 valence electrons. The van der Waals surface area contributed by atoms with Gasteiger partial charge in [-0.25, -0.2) is 8.42 Å². The quantitative estimate of drug-likeness (QED) is 0.419. The van der Waals surface area contributed by atoms with Crippen molar-refractivity contribution in [3.63, 3.8) is 0 Å². The molecular weight excluding hydrogens is 427 g/mol. The Morgan fingerprint density at radius 2 is 2.17 bits per heavy atom. The van der Waals surface area contributed by atoms with E-state index in [1.54, 1.807) is 27.1 Å². The summed E-state index contributed by atoms with van der Waals surface area (Å²) in [5, 5.41) is 3.28. The number of nitrogens with zero attached hydrogens (tertiary/aromatic N) is 3. The van der Waals surface area contributed by atoms with Crippen LogP contribution in [0, 0.1) is 6.92 Å². The molecule has 1 fully saturated rings. The standard InChI is InChI=1S/C15H24N4O2S.HI/c1-12-6-5-7-17-13(12)10-18-14(16-4)19-8-9-22(20,21)15(2,3)11-19;/h5-7H,8-11H2,1-4H3,(H,16,18);1H. The largest absolute Gasteiger partial charge is 0.351 e. The lowest BCUT2D eigenvalue weighted by Crippen LogP contribution is -2.57. The molecule has 2 heterocycles. The third-order valence-electron chi connectivity index (χ3n) is 4.09. The number of aromatic nitrogens is 1. The van der Waals surface area contributed by atoms with E-state index in [0.717, 1.165) is 11.3 Å². The lowest BCUT2D eigenvalue weighted by molar-refractivity contribution is 0.353. The van der Waals surface area contributed by atoms with Crippen molar-refractivity contribution in [3.05, 3.63) is 29.6 Å². The van der Waals surface area contributed by atoms with Gasteiger partial charge in [0.2, 0.25) is 0 Å². The van der Waals surface area contributed by atoms with Gasteiger partial charge in [0.1, 0.15) is 0 Å².